The van der Waals surface area contributed by atoms with E-state index in [1.165, 1.54) is 6.33 Å². The third-order valence-corrected chi connectivity index (χ3v) is 3.42. The molecule has 0 saturated heterocycles. The molecule has 0 aliphatic rings. The minimum absolute atomic E-state index is 0.557. The van der Waals surface area contributed by atoms with Crippen molar-refractivity contribution < 1.29 is 9.47 Å². The molecular formula is C17H18N6O2. The van der Waals surface area contributed by atoms with Crippen LogP contribution in [0.3, 0.4) is 0 Å². The third-order valence-electron chi connectivity index (χ3n) is 3.42. The number of aromatic nitrogens is 4. The van der Waals surface area contributed by atoms with Crippen molar-refractivity contribution in [3.63, 3.8) is 0 Å². The van der Waals surface area contributed by atoms with Crippen LogP contribution in [-0.4, -0.2) is 40.2 Å². The molecule has 3 rings (SSSR count). The summed E-state index contributed by atoms with van der Waals surface area (Å²) in [5, 5.41) is 8.43. The molecule has 0 saturated carbocycles. The van der Waals surface area contributed by atoms with E-state index in [4.69, 9.17) is 9.47 Å². The van der Waals surface area contributed by atoms with Crippen LogP contribution in [0.25, 0.3) is 5.82 Å². The lowest BCUT2D eigenvalue weighted by Gasteiger charge is -2.07. The molecule has 2 heterocycles. The molecule has 25 heavy (non-hydrogen) atoms. The van der Waals surface area contributed by atoms with Crippen LogP contribution in [0.5, 0.6) is 11.5 Å². The lowest BCUT2D eigenvalue weighted by atomic mass is 10.2. The first-order chi connectivity index (χ1) is 12.2. The number of nitrogens with one attached hydrogen (secondary N) is 1. The molecule has 0 amide bonds. The van der Waals surface area contributed by atoms with Gasteiger partial charge in [0.1, 0.15) is 17.8 Å². The lowest BCUT2D eigenvalue weighted by Crippen LogP contribution is -2.01. The second-order valence-electron chi connectivity index (χ2n) is 5.20. The summed E-state index contributed by atoms with van der Waals surface area (Å²) in [4.78, 5) is 8.34. The zero-order valence-electron chi connectivity index (χ0n) is 14.2. The van der Waals surface area contributed by atoms with Gasteiger partial charge in [-0.2, -0.15) is 10.2 Å². The van der Waals surface area contributed by atoms with Crippen molar-refractivity contribution in [3.8, 4) is 17.3 Å². The number of nitrogens with zero attached hydrogens (tertiary/aromatic N) is 5. The SMILES string of the molecule is COc1ccc(C=NNc2cc(-n3cc(C)cn3)ncn2)c(OC)c1. The smallest absolute Gasteiger partial charge is 0.158 e. The average molecular weight is 338 g/mol. The predicted octanol–water partition coefficient (Wildman–Crippen LogP) is 2.43. The predicted molar refractivity (Wildman–Crippen MR) is 94.7 cm³/mol. The van der Waals surface area contributed by atoms with Crippen LogP contribution in [-0.2, 0) is 0 Å². The number of hydrazone groups is 1. The van der Waals surface area contributed by atoms with Crippen LogP contribution in [0.4, 0.5) is 5.82 Å². The molecule has 2 aromatic heterocycles. The molecular weight excluding hydrogens is 320 g/mol. The zero-order chi connectivity index (χ0) is 17.6. The van der Waals surface area contributed by atoms with Crippen LogP contribution in [0.2, 0.25) is 0 Å². The fourth-order valence-corrected chi connectivity index (χ4v) is 2.16. The van der Waals surface area contributed by atoms with Gasteiger partial charge in [-0.05, 0) is 24.6 Å². The van der Waals surface area contributed by atoms with Gasteiger partial charge in [0.15, 0.2) is 11.6 Å². The minimum atomic E-state index is 0.557. The first kappa shape index (κ1) is 16.4. The lowest BCUT2D eigenvalue weighted by molar-refractivity contribution is 0.394. The summed E-state index contributed by atoms with van der Waals surface area (Å²) in [5.41, 5.74) is 4.75. The minimum Gasteiger partial charge on any atom is -0.497 e. The highest BCUT2D eigenvalue weighted by atomic mass is 16.5. The molecule has 8 heteroatoms. The molecule has 0 spiro atoms. The maximum Gasteiger partial charge on any atom is 0.158 e. The second-order valence-corrected chi connectivity index (χ2v) is 5.20. The van der Waals surface area contributed by atoms with Gasteiger partial charge in [0, 0.05) is 23.9 Å². The number of ether oxygens (including phenoxy) is 2. The Labute approximate surface area is 145 Å². The Morgan fingerprint density at radius 1 is 1.16 bits per heavy atom. The van der Waals surface area contributed by atoms with Crippen LogP contribution in [0, 0.1) is 6.92 Å². The fraction of sp³-hybridized carbons (Fsp3) is 0.176. The number of hydrogen-bond acceptors (Lipinski definition) is 7. The maximum absolute atomic E-state index is 5.33. The van der Waals surface area contributed by atoms with Crippen LogP contribution in [0.15, 0.2) is 48.1 Å². The Hall–Kier alpha value is -3.42. The van der Waals surface area contributed by atoms with Gasteiger partial charge in [0.25, 0.3) is 0 Å². The van der Waals surface area contributed by atoms with Gasteiger partial charge in [-0.15, -0.1) is 0 Å². The molecule has 8 nitrogen and oxygen atoms in total. The zero-order valence-corrected chi connectivity index (χ0v) is 14.2. The second kappa shape index (κ2) is 7.43. The summed E-state index contributed by atoms with van der Waals surface area (Å²) in [6.07, 6.45) is 6.76. The Kier molecular flexibility index (Phi) is 4.89. The number of hydrogen-bond donors (Lipinski definition) is 1. The molecule has 128 valence electrons. The monoisotopic (exact) mass is 338 g/mol. The van der Waals surface area contributed by atoms with Crippen molar-refractivity contribution in [2.24, 2.45) is 5.10 Å². The summed E-state index contributed by atoms with van der Waals surface area (Å²) in [6, 6.07) is 7.26. The Balaban J connectivity index is 1.74. The van der Waals surface area contributed by atoms with Crippen molar-refractivity contribution in [2.45, 2.75) is 6.92 Å². The summed E-state index contributed by atoms with van der Waals surface area (Å²) < 4.78 is 12.2. The van der Waals surface area contributed by atoms with Crippen molar-refractivity contribution in [2.75, 3.05) is 19.6 Å². The number of aryl methyl sites for hydroxylation is 1. The van der Waals surface area contributed by atoms with Crippen LogP contribution >= 0.6 is 0 Å². The summed E-state index contributed by atoms with van der Waals surface area (Å²) in [5.74, 6) is 2.60. The van der Waals surface area contributed by atoms with E-state index in [9.17, 15) is 0 Å². The van der Waals surface area contributed by atoms with E-state index in [0.29, 0.717) is 17.4 Å². The highest BCUT2D eigenvalue weighted by molar-refractivity contribution is 5.84. The molecule has 0 aliphatic carbocycles. The van der Waals surface area contributed by atoms with E-state index in [1.54, 1.807) is 43.4 Å². The number of rotatable bonds is 6. The number of methoxy groups -OCH3 is 2. The van der Waals surface area contributed by atoms with E-state index in [-0.39, 0.29) is 0 Å². The average Bonchev–Trinajstić information content (AvgIpc) is 3.08. The van der Waals surface area contributed by atoms with Gasteiger partial charge < -0.3 is 9.47 Å². The number of benzene rings is 1. The number of anilines is 1. The Bertz CT molecular complexity index is 890. The van der Waals surface area contributed by atoms with Gasteiger partial charge in [-0.1, -0.05) is 0 Å². The molecule has 0 aliphatic heterocycles. The molecule has 1 aromatic carbocycles. The van der Waals surface area contributed by atoms with E-state index in [2.05, 4.69) is 25.6 Å². The first-order valence-corrected chi connectivity index (χ1v) is 7.54. The first-order valence-electron chi connectivity index (χ1n) is 7.54. The molecule has 0 atom stereocenters. The normalized spacial score (nSPS) is 10.8. The highest BCUT2D eigenvalue weighted by Gasteiger charge is 2.04. The summed E-state index contributed by atoms with van der Waals surface area (Å²) >= 11 is 0. The molecule has 0 radical (unpaired) electrons. The molecule has 1 N–H and O–H groups in total. The van der Waals surface area contributed by atoms with Gasteiger partial charge in [0.05, 0.1) is 26.6 Å². The van der Waals surface area contributed by atoms with Crippen molar-refractivity contribution in [1.82, 2.24) is 19.7 Å². The fourth-order valence-electron chi connectivity index (χ4n) is 2.16. The Morgan fingerprint density at radius 2 is 2.04 bits per heavy atom. The van der Waals surface area contributed by atoms with Gasteiger partial charge >= 0.3 is 0 Å². The topological polar surface area (TPSA) is 86.5 Å². The van der Waals surface area contributed by atoms with E-state index in [0.717, 1.165) is 16.9 Å². The van der Waals surface area contributed by atoms with Crippen molar-refractivity contribution in [1.29, 1.82) is 0 Å². The standard InChI is InChI=1S/C17H18N6O2/c1-12-8-21-23(10-12)17-7-16(18-11-19-17)22-20-9-13-4-5-14(24-2)6-15(13)25-3/h4-11H,1-3H3,(H,18,19,22). The van der Waals surface area contributed by atoms with Crippen LogP contribution < -0.4 is 14.9 Å². The maximum atomic E-state index is 5.33. The molecule has 0 bridgehead atoms. The van der Waals surface area contributed by atoms with Crippen molar-refractivity contribution in [3.05, 3.63) is 54.1 Å². The molecule has 0 unspecified atom stereocenters. The highest BCUT2D eigenvalue weighted by Crippen LogP contribution is 2.23. The summed E-state index contributed by atoms with van der Waals surface area (Å²) in [7, 11) is 3.21. The molecule has 0 fully saturated rings. The van der Waals surface area contributed by atoms with E-state index in [1.807, 2.05) is 25.3 Å². The largest absolute Gasteiger partial charge is 0.497 e. The van der Waals surface area contributed by atoms with Gasteiger partial charge in [0.2, 0.25) is 0 Å². The van der Waals surface area contributed by atoms with Gasteiger partial charge in [-0.25, -0.2) is 14.6 Å². The molecule has 3 aromatic rings. The van der Waals surface area contributed by atoms with Crippen molar-refractivity contribution >= 4 is 12.0 Å². The van der Waals surface area contributed by atoms with Gasteiger partial charge in [-0.3, -0.25) is 5.43 Å². The van der Waals surface area contributed by atoms with Crippen LogP contribution in [0.1, 0.15) is 11.1 Å². The summed E-state index contributed by atoms with van der Waals surface area (Å²) in [6.45, 7) is 1.97. The van der Waals surface area contributed by atoms with E-state index < -0.39 is 0 Å². The van der Waals surface area contributed by atoms with E-state index >= 15 is 0 Å². The Morgan fingerprint density at radius 3 is 2.76 bits per heavy atom. The third kappa shape index (κ3) is 3.92. The quantitative estimate of drug-likeness (QED) is 0.549.